The third-order valence-corrected chi connectivity index (χ3v) is 8.45. The van der Waals surface area contributed by atoms with Crippen LogP contribution in [0.25, 0.3) is 0 Å². The number of ether oxygens (including phenoxy) is 1. The normalized spacial score (nSPS) is 51.7. The zero-order valence-electron chi connectivity index (χ0n) is 15.0. The minimum absolute atomic E-state index is 0.0597. The van der Waals surface area contributed by atoms with E-state index in [0.717, 1.165) is 25.7 Å². The summed E-state index contributed by atoms with van der Waals surface area (Å²) in [4.78, 5) is 12.5. The highest BCUT2D eigenvalue weighted by Gasteiger charge is 2.63. The molecule has 4 rings (SSSR count). The lowest BCUT2D eigenvalue weighted by atomic mass is 9.42. The molecule has 0 aliphatic heterocycles. The Morgan fingerprint density at radius 2 is 1.91 bits per heavy atom. The van der Waals surface area contributed by atoms with Crippen molar-refractivity contribution >= 4 is 5.78 Å². The van der Waals surface area contributed by atoms with Gasteiger partial charge in [-0.25, -0.2) is 0 Å². The quantitative estimate of drug-likeness (QED) is 0.701. The first-order valence-corrected chi connectivity index (χ1v) is 9.32. The lowest BCUT2D eigenvalue weighted by molar-refractivity contribution is -0.135. The predicted molar refractivity (Wildman–Crippen MR) is 92.0 cm³/mol. The van der Waals surface area contributed by atoms with Gasteiger partial charge in [0.05, 0.1) is 6.10 Å². The Kier molecular flexibility index (Phi) is 3.27. The zero-order valence-corrected chi connectivity index (χ0v) is 15.0. The van der Waals surface area contributed by atoms with E-state index in [1.807, 2.05) is 7.11 Å². The van der Waals surface area contributed by atoms with Gasteiger partial charge in [-0.05, 0) is 60.3 Å². The number of carbonyl (C=O) groups is 1. The third kappa shape index (κ3) is 1.82. The molecule has 0 amide bonds. The molecule has 2 heteroatoms. The van der Waals surface area contributed by atoms with Crippen molar-refractivity contribution in [3.8, 4) is 0 Å². The summed E-state index contributed by atoms with van der Waals surface area (Å²) in [6, 6.07) is 0. The van der Waals surface area contributed by atoms with Crippen LogP contribution in [-0.4, -0.2) is 19.0 Å². The van der Waals surface area contributed by atoms with Crippen molar-refractivity contribution in [3.63, 3.8) is 0 Å². The molecule has 2 saturated carbocycles. The van der Waals surface area contributed by atoms with Gasteiger partial charge in [-0.3, -0.25) is 4.79 Å². The van der Waals surface area contributed by atoms with E-state index in [1.54, 1.807) is 0 Å². The van der Waals surface area contributed by atoms with Crippen LogP contribution in [0.15, 0.2) is 23.8 Å². The number of Topliss-reactive ketones (excluding diaryl/α,β-unsaturated/α-hetero) is 1. The molecular weight excluding hydrogens is 284 g/mol. The number of methoxy groups -OCH3 is 1. The van der Waals surface area contributed by atoms with Crippen molar-refractivity contribution in [1.82, 2.24) is 0 Å². The van der Waals surface area contributed by atoms with Gasteiger partial charge in [0, 0.05) is 18.9 Å². The van der Waals surface area contributed by atoms with Gasteiger partial charge in [0.25, 0.3) is 0 Å². The molecule has 23 heavy (non-hydrogen) atoms. The van der Waals surface area contributed by atoms with Crippen molar-refractivity contribution in [2.75, 3.05) is 7.11 Å². The summed E-state index contributed by atoms with van der Waals surface area (Å²) in [5.74, 6) is 1.62. The fourth-order valence-corrected chi connectivity index (χ4v) is 6.41. The summed E-state index contributed by atoms with van der Waals surface area (Å²) in [6.07, 6.45) is 13.9. The van der Waals surface area contributed by atoms with E-state index in [2.05, 4.69) is 39.0 Å². The molecule has 0 N–H and O–H groups in total. The molecule has 6 atom stereocenters. The van der Waals surface area contributed by atoms with Gasteiger partial charge in [-0.15, -0.1) is 0 Å². The highest BCUT2D eigenvalue weighted by Crippen LogP contribution is 2.68. The number of hydrogen-bond donors (Lipinski definition) is 0. The Labute approximate surface area is 140 Å². The fourth-order valence-electron chi connectivity index (χ4n) is 6.41. The molecule has 0 aromatic rings. The Bertz CT molecular complexity index is 603. The maximum absolute atomic E-state index is 12.5. The fraction of sp³-hybridized carbons (Fsp3) is 0.762. The van der Waals surface area contributed by atoms with Gasteiger partial charge >= 0.3 is 0 Å². The minimum Gasteiger partial charge on any atom is -0.377 e. The lowest BCUT2D eigenvalue weighted by Gasteiger charge is -2.61. The van der Waals surface area contributed by atoms with Crippen LogP contribution in [0.5, 0.6) is 0 Å². The van der Waals surface area contributed by atoms with Crippen molar-refractivity contribution in [1.29, 1.82) is 0 Å². The maximum atomic E-state index is 12.5. The molecule has 2 fully saturated rings. The third-order valence-electron chi connectivity index (χ3n) is 8.45. The van der Waals surface area contributed by atoms with E-state index in [9.17, 15) is 4.79 Å². The second-order valence-electron chi connectivity index (χ2n) is 9.06. The van der Waals surface area contributed by atoms with Gasteiger partial charge < -0.3 is 4.74 Å². The summed E-state index contributed by atoms with van der Waals surface area (Å²) in [6.45, 7) is 7.22. The molecule has 0 radical (unpaired) electrons. The topological polar surface area (TPSA) is 26.3 Å². The minimum atomic E-state index is -0.0597. The molecule has 0 aromatic heterocycles. The van der Waals surface area contributed by atoms with Crippen molar-refractivity contribution in [2.45, 2.75) is 65.4 Å². The van der Waals surface area contributed by atoms with E-state index in [-0.39, 0.29) is 22.3 Å². The second-order valence-corrected chi connectivity index (χ2v) is 9.06. The highest BCUT2D eigenvalue weighted by molar-refractivity contribution is 5.87. The molecule has 2 nitrogen and oxygen atoms in total. The smallest absolute Gasteiger partial charge is 0.139 e. The van der Waals surface area contributed by atoms with Crippen LogP contribution in [0.2, 0.25) is 0 Å². The van der Waals surface area contributed by atoms with Gasteiger partial charge in [0.1, 0.15) is 5.78 Å². The van der Waals surface area contributed by atoms with Crippen LogP contribution in [0.3, 0.4) is 0 Å². The Morgan fingerprint density at radius 3 is 2.65 bits per heavy atom. The summed E-state index contributed by atoms with van der Waals surface area (Å²) in [5.41, 5.74) is 1.92. The number of hydrogen-bond acceptors (Lipinski definition) is 2. The molecule has 126 valence electrons. The molecular formula is C21H30O2. The summed E-state index contributed by atoms with van der Waals surface area (Å²) in [5, 5.41) is 0. The molecule has 4 aliphatic rings. The standard InChI is InChI=1S/C21H30O2/c1-19-11-12-21(3)17(16(19)7-8-18(19)22)6-5-14-13-15(23-4)9-10-20(14,21)2/h5-6,13,15-17H,7-12H2,1-4H3. The average Bonchev–Trinajstić information content (AvgIpc) is 2.83. The van der Waals surface area contributed by atoms with Crippen LogP contribution in [-0.2, 0) is 9.53 Å². The first-order valence-electron chi connectivity index (χ1n) is 9.32. The largest absolute Gasteiger partial charge is 0.377 e. The molecule has 0 bridgehead atoms. The number of ketones is 1. The Balaban J connectivity index is 1.79. The van der Waals surface area contributed by atoms with Gasteiger partial charge in [-0.2, -0.15) is 0 Å². The van der Waals surface area contributed by atoms with Crippen LogP contribution in [0.1, 0.15) is 59.3 Å². The lowest BCUT2D eigenvalue weighted by Crippen LogP contribution is -2.55. The van der Waals surface area contributed by atoms with Crippen molar-refractivity contribution in [2.24, 2.45) is 28.1 Å². The summed E-state index contributed by atoms with van der Waals surface area (Å²) in [7, 11) is 1.82. The average molecular weight is 314 g/mol. The second kappa shape index (κ2) is 4.81. The number of fused-ring (bicyclic) bond motifs is 5. The van der Waals surface area contributed by atoms with Gasteiger partial charge in [0.15, 0.2) is 0 Å². The van der Waals surface area contributed by atoms with E-state index in [1.165, 1.54) is 18.4 Å². The Morgan fingerprint density at radius 1 is 1.13 bits per heavy atom. The van der Waals surface area contributed by atoms with E-state index in [0.29, 0.717) is 17.6 Å². The van der Waals surface area contributed by atoms with E-state index >= 15 is 0 Å². The maximum Gasteiger partial charge on any atom is 0.139 e. The molecule has 4 aliphatic carbocycles. The SMILES string of the molecule is COC1C=C2C=CC3C4CCC(=O)C4(C)CCC3(C)C2(C)CC1. The zero-order chi connectivity index (χ0) is 16.5. The van der Waals surface area contributed by atoms with Crippen LogP contribution < -0.4 is 0 Å². The van der Waals surface area contributed by atoms with Crippen molar-refractivity contribution in [3.05, 3.63) is 23.8 Å². The molecule has 0 heterocycles. The van der Waals surface area contributed by atoms with E-state index in [4.69, 9.17) is 4.74 Å². The Hall–Kier alpha value is -0.890. The molecule has 0 spiro atoms. The van der Waals surface area contributed by atoms with Crippen molar-refractivity contribution < 1.29 is 9.53 Å². The number of allylic oxidation sites excluding steroid dienone is 3. The molecule has 0 saturated heterocycles. The van der Waals surface area contributed by atoms with Crippen LogP contribution >= 0.6 is 0 Å². The molecule has 6 unspecified atom stereocenters. The van der Waals surface area contributed by atoms with Crippen LogP contribution in [0, 0.1) is 28.1 Å². The number of carbonyl (C=O) groups excluding carboxylic acids is 1. The predicted octanol–water partition coefficient (Wildman–Crippen LogP) is 4.70. The highest BCUT2D eigenvalue weighted by atomic mass is 16.5. The summed E-state index contributed by atoms with van der Waals surface area (Å²) >= 11 is 0. The first-order chi connectivity index (χ1) is 10.8. The summed E-state index contributed by atoms with van der Waals surface area (Å²) < 4.78 is 5.60. The number of rotatable bonds is 1. The monoisotopic (exact) mass is 314 g/mol. The van der Waals surface area contributed by atoms with E-state index < -0.39 is 0 Å². The molecule has 0 aromatic carbocycles. The van der Waals surface area contributed by atoms with Gasteiger partial charge in [-0.1, -0.05) is 39.0 Å². The van der Waals surface area contributed by atoms with Gasteiger partial charge in [0.2, 0.25) is 0 Å². The van der Waals surface area contributed by atoms with Crippen LogP contribution in [0.4, 0.5) is 0 Å². The first kappa shape index (κ1) is 15.6.